The summed E-state index contributed by atoms with van der Waals surface area (Å²) in [5.41, 5.74) is 0.619. The van der Waals surface area contributed by atoms with Crippen molar-refractivity contribution in [2.45, 2.75) is 32.3 Å². The molecule has 0 amide bonds. The first-order valence-corrected chi connectivity index (χ1v) is 4.22. The van der Waals surface area contributed by atoms with Gasteiger partial charge in [0.15, 0.2) is 0 Å². The lowest BCUT2D eigenvalue weighted by atomic mass is 9.92. The molecule has 1 aliphatic rings. The van der Waals surface area contributed by atoms with Crippen molar-refractivity contribution < 1.29 is 5.11 Å². The quantitative estimate of drug-likeness (QED) is 0.555. The maximum absolute atomic E-state index is 9.90. The number of rotatable bonds is 1. The summed E-state index contributed by atoms with van der Waals surface area (Å²) in [7, 11) is 0. The van der Waals surface area contributed by atoms with E-state index in [1.807, 2.05) is 19.9 Å². The minimum Gasteiger partial charge on any atom is -0.384 e. The molecule has 0 aliphatic carbocycles. The van der Waals surface area contributed by atoms with Crippen LogP contribution in [0.25, 0.3) is 0 Å². The van der Waals surface area contributed by atoms with Gasteiger partial charge in [-0.25, -0.2) is 0 Å². The first kappa shape index (κ1) is 8.75. The summed E-state index contributed by atoms with van der Waals surface area (Å²) in [4.78, 5) is 0. The van der Waals surface area contributed by atoms with Gasteiger partial charge in [-0.2, -0.15) is 0 Å². The summed E-state index contributed by atoms with van der Waals surface area (Å²) in [5.74, 6) is 0. The fourth-order valence-corrected chi connectivity index (χ4v) is 1.57. The molecule has 0 aromatic rings. The van der Waals surface area contributed by atoms with Crippen LogP contribution in [0, 0.1) is 0 Å². The second-order valence-electron chi connectivity index (χ2n) is 3.61. The molecular formula is C9H17NO. The molecule has 0 spiro atoms. The molecule has 0 bridgehead atoms. The standard InChI is InChI=1S/C9H17NO/c1-8(2)6-9(11)4-3-5-10-7-9/h6,10-11H,3-5,7H2,1-2H3. The van der Waals surface area contributed by atoms with Crippen molar-refractivity contribution in [3.05, 3.63) is 11.6 Å². The Kier molecular flexibility index (Phi) is 2.68. The zero-order valence-corrected chi connectivity index (χ0v) is 7.35. The van der Waals surface area contributed by atoms with Gasteiger partial charge < -0.3 is 10.4 Å². The lowest BCUT2D eigenvalue weighted by molar-refractivity contribution is 0.0632. The molecule has 1 saturated heterocycles. The Balaban J connectivity index is 2.57. The van der Waals surface area contributed by atoms with Crippen molar-refractivity contribution in [1.29, 1.82) is 0 Å². The number of piperidine rings is 1. The van der Waals surface area contributed by atoms with Crippen LogP contribution in [0.15, 0.2) is 11.6 Å². The molecule has 2 nitrogen and oxygen atoms in total. The molecule has 0 aromatic heterocycles. The third kappa shape index (κ3) is 2.64. The Bertz CT molecular complexity index is 153. The number of hydrogen-bond acceptors (Lipinski definition) is 2. The molecule has 1 fully saturated rings. The average Bonchev–Trinajstić information content (AvgIpc) is 1.85. The van der Waals surface area contributed by atoms with Crippen molar-refractivity contribution in [2.24, 2.45) is 0 Å². The van der Waals surface area contributed by atoms with E-state index in [4.69, 9.17) is 0 Å². The van der Waals surface area contributed by atoms with Gasteiger partial charge in [-0.3, -0.25) is 0 Å². The van der Waals surface area contributed by atoms with E-state index < -0.39 is 5.60 Å². The van der Waals surface area contributed by atoms with Crippen LogP contribution in [0.3, 0.4) is 0 Å². The highest BCUT2D eigenvalue weighted by Gasteiger charge is 2.25. The minimum atomic E-state index is -0.572. The molecule has 1 atom stereocenters. The van der Waals surface area contributed by atoms with Crippen LogP contribution in [-0.2, 0) is 0 Å². The van der Waals surface area contributed by atoms with Crippen molar-refractivity contribution in [2.75, 3.05) is 13.1 Å². The summed E-state index contributed by atoms with van der Waals surface area (Å²) in [6, 6.07) is 0. The number of allylic oxidation sites excluding steroid dienone is 1. The summed E-state index contributed by atoms with van der Waals surface area (Å²) >= 11 is 0. The van der Waals surface area contributed by atoms with Crippen molar-refractivity contribution in [3.8, 4) is 0 Å². The fourth-order valence-electron chi connectivity index (χ4n) is 1.57. The molecule has 2 N–H and O–H groups in total. The Morgan fingerprint density at radius 3 is 2.73 bits per heavy atom. The highest BCUT2D eigenvalue weighted by molar-refractivity contribution is 5.09. The largest absolute Gasteiger partial charge is 0.384 e. The molecule has 11 heavy (non-hydrogen) atoms. The van der Waals surface area contributed by atoms with E-state index in [1.165, 1.54) is 5.57 Å². The maximum Gasteiger partial charge on any atom is 0.0954 e. The van der Waals surface area contributed by atoms with Crippen LogP contribution in [0.4, 0.5) is 0 Å². The number of hydrogen-bond donors (Lipinski definition) is 2. The molecule has 0 saturated carbocycles. The topological polar surface area (TPSA) is 32.3 Å². The van der Waals surface area contributed by atoms with Gasteiger partial charge in [-0.15, -0.1) is 0 Å². The Labute approximate surface area is 68.3 Å². The number of nitrogens with one attached hydrogen (secondary N) is 1. The van der Waals surface area contributed by atoms with E-state index in [9.17, 15) is 5.11 Å². The van der Waals surface area contributed by atoms with Crippen LogP contribution in [-0.4, -0.2) is 23.8 Å². The summed E-state index contributed by atoms with van der Waals surface area (Å²) in [6.45, 7) is 5.79. The lowest BCUT2D eigenvalue weighted by Crippen LogP contribution is -2.44. The Morgan fingerprint density at radius 1 is 1.55 bits per heavy atom. The van der Waals surface area contributed by atoms with Gasteiger partial charge in [0, 0.05) is 6.54 Å². The van der Waals surface area contributed by atoms with Crippen molar-refractivity contribution in [3.63, 3.8) is 0 Å². The fraction of sp³-hybridized carbons (Fsp3) is 0.778. The second kappa shape index (κ2) is 3.37. The number of aliphatic hydroxyl groups is 1. The Hall–Kier alpha value is -0.340. The monoisotopic (exact) mass is 155 g/mol. The normalized spacial score (nSPS) is 31.5. The van der Waals surface area contributed by atoms with Gasteiger partial charge in [0.2, 0.25) is 0 Å². The molecule has 0 radical (unpaired) electrons. The zero-order valence-electron chi connectivity index (χ0n) is 7.35. The molecule has 1 aliphatic heterocycles. The highest BCUT2D eigenvalue weighted by atomic mass is 16.3. The first-order valence-electron chi connectivity index (χ1n) is 4.22. The summed E-state index contributed by atoms with van der Waals surface area (Å²) < 4.78 is 0. The lowest BCUT2D eigenvalue weighted by Gasteiger charge is -2.30. The van der Waals surface area contributed by atoms with Crippen LogP contribution < -0.4 is 5.32 Å². The molecule has 0 aromatic carbocycles. The SMILES string of the molecule is CC(C)=CC1(O)CCCNC1. The van der Waals surface area contributed by atoms with Gasteiger partial charge in [0.25, 0.3) is 0 Å². The van der Waals surface area contributed by atoms with E-state index in [-0.39, 0.29) is 0 Å². The van der Waals surface area contributed by atoms with Crippen LogP contribution in [0.2, 0.25) is 0 Å². The second-order valence-corrected chi connectivity index (χ2v) is 3.61. The van der Waals surface area contributed by atoms with Gasteiger partial charge in [0.1, 0.15) is 0 Å². The van der Waals surface area contributed by atoms with Crippen LogP contribution in [0.1, 0.15) is 26.7 Å². The predicted molar refractivity (Wildman–Crippen MR) is 46.5 cm³/mol. The van der Waals surface area contributed by atoms with Crippen molar-refractivity contribution in [1.82, 2.24) is 5.32 Å². The van der Waals surface area contributed by atoms with E-state index in [0.717, 1.165) is 19.4 Å². The van der Waals surface area contributed by atoms with E-state index in [0.29, 0.717) is 6.54 Å². The molecular weight excluding hydrogens is 138 g/mol. The molecule has 1 unspecified atom stereocenters. The number of β-amino-alcohol motifs (C(OH)–C–C–N with tert-alkyl or cyclic N) is 1. The average molecular weight is 155 g/mol. The smallest absolute Gasteiger partial charge is 0.0954 e. The molecule has 64 valence electrons. The third-order valence-corrected chi connectivity index (χ3v) is 1.95. The van der Waals surface area contributed by atoms with Crippen LogP contribution in [0.5, 0.6) is 0 Å². The molecule has 1 rings (SSSR count). The summed E-state index contributed by atoms with van der Waals surface area (Å²) in [6.07, 6.45) is 3.92. The van der Waals surface area contributed by atoms with Crippen LogP contribution >= 0.6 is 0 Å². The van der Waals surface area contributed by atoms with Gasteiger partial charge in [-0.1, -0.05) is 11.6 Å². The minimum absolute atomic E-state index is 0.572. The van der Waals surface area contributed by atoms with Gasteiger partial charge >= 0.3 is 0 Å². The molecule has 2 heteroatoms. The zero-order chi connectivity index (χ0) is 8.32. The van der Waals surface area contributed by atoms with Gasteiger partial charge in [-0.05, 0) is 33.2 Å². The van der Waals surface area contributed by atoms with E-state index >= 15 is 0 Å². The summed E-state index contributed by atoms with van der Waals surface area (Å²) in [5, 5.41) is 13.1. The van der Waals surface area contributed by atoms with Crippen molar-refractivity contribution >= 4 is 0 Å². The molecule has 1 heterocycles. The maximum atomic E-state index is 9.90. The Morgan fingerprint density at radius 2 is 2.27 bits per heavy atom. The van der Waals surface area contributed by atoms with E-state index in [2.05, 4.69) is 5.32 Å². The highest BCUT2D eigenvalue weighted by Crippen LogP contribution is 2.18. The third-order valence-electron chi connectivity index (χ3n) is 1.95. The predicted octanol–water partition coefficient (Wildman–Crippen LogP) is 1.07. The van der Waals surface area contributed by atoms with E-state index in [1.54, 1.807) is 0 Å². The van der Waals surface area contributed by atoms with Gasteiger partial charge in [0.05, 0.1) is 5.60 Å². The first-order chi connectivity index (χ1) is 5.12.